The third kappa shape index (κ3) is 2.15. The minimum Gasteiger partial charge on any atom is -0.478 e. The van der Waals surface area contributed by atoms with Gasteiger partial charge in [0.15, 0.2) is 23.3 Å². The van der Waals surface area contributed by atoms with Crippen molar-refractivity contribution in [3.05, 3.63) is 40.7 Å². The smallest absolute Gasteiger partial charge is 0.329 e. The molecule has 0 radical (unpaired) electrons. The fraction of sp³-hybridized carbons (Fsp3) is 0. The summed E-state index contributed by atoms with van der Waals surface area (Å²) in [6.07, 6.45) is 0.0400. The first-order valence-electron chi connectivity index (χ1n) is 4.17. The summed E-state index contributed by atoms with van der Waals surface area (Å²) >= 11 is 0. The molecule has 0 amide bonds. The van der Waals surface area contributed by atoms with E-state index in [1.165, 1.54) is 0 Å². The summed E-state index contributed by atoms with van der Waals surface area (Å²) in [7, 11) is 0. The maximum atomic E-state index is 13.2. The number of aliphatic carboxylic acids is 1. The lowest BCUT2D eigenvalue weighted by Gasteiger charge is -2.06. The van der Waals surface area contributed by atoms with Crippen molar-refractivity contribution >= 4 is 11.5 Å². The fourth-order valence-corrected chi connectivity index (χ4v) is 1.13. The van der Waals surface area contributed by atoms with Gasteiger partial charge in [-0.1, -0.05) is 0 Å². The van der Waals surface area contributed by atoms with Crippen LogP contribution >= 0.6 is 0 Å². The van der Waals surface area contributed by atoms with E-state index in [0.29, 0.717) is 0 Å². The Labute approximate surface area is 96.4 Å². The molecule has 0 aromatic heterocycles. The second-order valence-corrected chi connectivity index (χ2v) is 2.95. The van der Waals surface area contributed by atoms with Gasteiger partial charge in [-0.3, -0.25) is 0 Å². The standard InChI is InChI=1S/C10H2F5NO2/c11-6-5(3(2-16)1-4(17)18)7(12)9(14)10(15)8(6)13/h1H,(H,17,18). The van der Waals surface area contributed by atoms with Gasteiger partial charge >= 0.3 is 5.97 Å². The van der Waals surface area contributed by atoms with Crippen molar-refractivity contribution < 1.29 is 31.9 Å². The van der Waals surface area contributed by atoms with Gasteiger partial charge < -0.3 is 5.11 Å². The summed E-state index contributed by atoms with van der Waals surface area (Å²) in [5, 5.41) is 16.8. The Hall–Kier alpha value is -2.43. The highest BCUT2D eigenvalue weighted by Crippen LogP contribution is 2.28. The number of hydrogen-bond donors (Lipinski definition) is 1. The number of carboxylic acid groups (broad SMARTS) is 1. The van der Waals surface area contributed by atoms with E-state index in [4.69, 9.17) is 10.4 Å². The Kier molecular flexibility index (Phi) is 3.66. The van der Waals surface area contributed by atoms with Crippen LogP contribution in [0.15, 0.2) is 6.08 Å². The molecule has 0 bridgehead atoms. The zero-order valence-corrected chi connectivity index (χ0v) is 8.27. The molecule has 1 aromatic rings. The van der Waals surface area contributed by atoms with Crippen LogP contribution < -0.4 is 0 Å². The highest BCUT2D eigenvalue weighted by Gasteiger charge is 2.28. The van der Waals surface area contributed by atoms with Crippen LogP contribution in [0.4, 0.5) is 22.0 Å². The number of hydrogen-bond acceptors (Lipinski definition) is 2. The Balaban J connectivity index is 3.71. The summed E-state index contributed by atoms with van der Waals surface area (Å²) in [6, 6.07) is 1.05. The molecule has 0 saturated heterocycles. The lowest BCUT2D eigenvalue weighted by molar-refractivity contribution is -0.131. The Bertz CT molecular complexity index is 574. The fourth-order valence-electron chi connectivity index (χ4n) is 1.13. The van der Waals surface area contributed by atoms with Gasteiger partial charge in [0.05, 0.1) is 11.1 Å². The van der Waals surface area contributed by atoms with Crippen molar-refractivity contribution in [2.45, 2.75) is 0 Å². The lowest BCUT2D eigenvalue weighted by Crippen LogP contribution is -2.07. The van der Waals surface area contributed by atoms with E-state index >= 15 is 0 Å². The molecule has 94 valence electrons. The average Bonchev–Trinajstić information content (AvgIpc) is 2.32. The summed E-state index contributed by atoms with van der Waals surface area (Å²) in [5.41, 5.74) is -2.76. The number of halogens is 5. The van der Waals surface area contributed by atoms with Crippen molar-refractivity contribution in [2.24, 2.45) is 0 Å². The number of benzene rings is 1. The number of allylic oxidation sites excluding steroid dienone is 1. The first-order valence-corrected chi connectivity index (χ1v) is 4.17. The maximum Gasteiger partial charge on any atom is 0.329 e. The molecule has 3 nitrogen and oxygen atoms in total. The van der Waals surface area contributed by atoms with E-state index in [1.807, 2.05) is 0 Å². The van der Waals surface area contributed by atoms with Gasteiger partial charge in [0.25, 0.3) is 0 Å². The SMILES string of the molecule is N#CC(=CC(=O)O)c1c(F)c(F)c(F)c(F)c1F. The number of carbonyl (C=O) groups is 1. The number of rotatable bonds is 2. The highest BCUT2D eigenvalue weighted by atomic mass is 19.2. The van der Waals surface area contributed by atoms with Gasteiger partial charge in [-0.05, 0) is 0 Å². The van der Waals surface area contributed by atoms with Crippen LogP contribution in [-0.4, -0.2) is 11.1 Å². The first-order chi connectivity index (χ1) is 8.31. The zero-order chi connectivity index (χ0) is 14.0. The molecular formula is C10H2F5NO2. The van der Waals surface area contributed by atoms with Crippen molar-refractivity contribution in [3.8, 4) is 6.07 Å². The Morgan fingerprint density at radius 1 is 1.00 bits per heavy atom. The molecule has 1 aromatic carbocycles. The zero-order valence-electron chi connectivity index (χ0n) is 8.27. The summed E-state index contributed by atoms with van der Waals surface area (Å²) < 4.78 is 64.6. The van der Waals surface area contributed by atoms with Crippen LogP contribution in [0, 0.1) is 40.4 Å². The maximum absolute atomic E-state index is 13.2. The van der Waals surface area contributed by atoms with E-state index in [2.05, 4.69) is 0 Å². The van der Waals surface area contributed by atoms with Crippen molar-refractivity contribution in [3.63, 3.8) is 0 Å². The third-order valence-electron chi connectivity index (χ3n) is 1.87. The van der Waals surface area contributed by atoms with Crippen LogP contribution in [0.1, 0.15) is 5.56 Å². The van der Waals surface area contributed by atoms with Gasteiger partial charge in [-0.25, -0.2) is 26.7 Å². The van der Waals surface area contributed by atoms with Crippen LogP contribution in [0.5, 0.6) is 0 Å². The molecule has 0 aliphatic carbocycles. The predicted molar refractivity (Wildman–Crippen MR) is 47.5 cm³/mol. The molecule has 1 rings (SSSR count). The van der Waals surface area contributed by atoms with Crippen LogP contribution in [0.2, 0.25) is 0 Å². The molecule has 8 heteroatoms. The molecular weight excluding hydrogens is 261 g/mol. The lowest BCUT2D eigenvalue weighted by atomic mass is 10.0. The largest absolute Gasteiger partial charge is 0.478 e. The summed E-state index contributed by atoms with van der Waals surface area (Å²) in [4.78, 5) is 10.3. The van der Waals surface area contributed by atoms with Gasteiger partial charge in [0.1, 0.15) is 6.07 Å². The molecule has 0 fully saturated rings. The molecule has 0 aliphatic heterocycles. The second kappa shape index (κ2) is 4.83. The summed E-state index contributed by atoms with van der Waals surface area (Å²) in [5.74, 6) is -13.2. The highest BCUT2D eigenvalue weighted by molar-refractivity contribution is 5.94. The minimum atomic E-state index is -2.39. The topological polar surface area (TPSA) is 61.1 Å². The average molecular weight is 263 g/mol. The molecule has 0 heterocycles. The second-order valence-electron chi connectivity index (χ2n) is 2.95. The third-order valence-corrected chi connectivity index (χ3v) is 1.87. The van der Waals surface area contributed by atoms with E-state index in [0.717, 1.165) is 6.07 Å². The number of carboxylic acids is 1. The van der Waals surface area contributed by atoms with Crippen molar-refractivity contribution in [1.82, 2.24) is 0 Å². The van der Waals surface area contributed by atoms with E-state index in [-0.39, 0.29) is 6.08 Å². The van der Waals surface area contributed by atoms with Gasteiger partial charge in [-0.2, -0.15) is 5.26 Å². The Morgan fingerprint density at radius 3 is 1.72 bits per heavy atom. The van der Waals surface area contributed by atoms with Crippen molar-refractivity contribution in [1.29, 1.82) is 5.26 Å². The van der Waals surface area contributed by atoms with Crippen molar-refractivity contribution in [2.75, 3.05) is 0 Å². The molecule has 1 N–H and O–H groups in total. The summed E-state index contributed by atoms with van der Waals surface area (Å²) in [6.45, 7) is 0. The van der Waals surface area contributed by atoms with Gasteiger partial charge in [0.2, 0.25) is 5.82 Å². The molecule has 18 heavy (non-hydrogen) atoms. The first kappa shape index (κ1) is 13.6. The molecule has 0 aliphatic rings. The monoisotopic (exact) mass is 263 g/mol. The van der Waals surface area contributed by atoms with E-state index in [1.54, 1.807) is 0 Å². The molecule has 0 saturated carbocycles. The van der Waals surface area contributed by atoms with Gasteiger partial charge in [-0.15, -0.1) is 0 Å². The normalized spacial score (nSPS) is 11.2. The number of nitriles is 1. The van der Waals surface area contributed by atoms with E-state index in [9.17, 15) is 26.7 Å². The van der Waals surface area contributed by atoms with E-state index < -0.39 is 46.2 Å². The molecule has 0 unspecified atom stereocenters. The quantitative estimate of drug-likeness (QED) is 0.293. The molecule has 0 spiro atoms. The number of nitrogens with zero attached hydrogens (tertiary/aromatic N) is 1. The molecule has 0 atom stereocenters. The predicted octanol–water partition coefficient (Wildman–Crippen LogP) is 2.37. The van der Waals surface area contributed by atoms with Crippen LogP contribution in [-0.2, 0) is 4.79 Å². The van der Waals surface area contributed by atoms with Crippen LogP contribution in [0.25, 0.3) is 5.57 Å². The Morgan fingerprint density at radius 2 is 1.39 bits per heavy atom. The minimum absolute atomic E-state index is 0.0400. The van der Waals surface area contributed by atoms with Gasteiger partial charge in [0, 0.05) is 6.08 Å². The van der Waals surface area contributed by atoms with Crippen LogP contribution in [0.3, 0.4) is 0 Å².